The Labute approximate surface area is 148 Å². The van der Waals surface area contributed by atoms with E-state index in [0.29, 0.717) is 5.69 Å². The van der Waals surface area contributed by atoms with Gasteiger partial charge in [0.2, 0.25) is 5.91 Å². The number of anilines is 1. The van der Waals surface area contributed by atoms with Gasteiger partial charge >= 0.3 is 0 Å². The molecule has 2 amide bonds. The summed E-state index contributed by atoms with van der Waals surface area (Å²) in [4.78, 5) is 25.2. The standard InChI is InChI=1S/C16H14ClFN2O4S/c1-20(13-6-8-14(9-7-13)25(17,23)24)15(21)10-19-16(22)11-2-4-12(18)5-3-11/h2-9H,10H2,1H3,(H,19,22). The van der Waals surface area contributed by atoms with Gasteiger partial charge in [0, 0.05) is 29.0 Å². The van der Waals surface area contributed by atoms with Gasteiger partial charge in [-0.3, -0.25) is 9.59 Å². The Balaban J connectivity index is 1.98. The molecule has 0 heterocycles. The molecule has 0 aliphatic rings. The monoisotopic (exact) mass is 384 g/mol. The van der Waals surface area contributed by atoms with Gasteiger partial charge < -0.3 is 10.2 Å². The highest BCUT2D eigenvalue weighted by Crippen LogP contribution is 2.19. The molecule has 0 radical (unpaired) electrons. The number of amides is 2. The number of rotatable bonds is 5. The van der Waals surface area contributed by atoms with Crippen molar-refractivity contribution < 1.29 is 22.4 Å². The normalized spacial score (nSPS) is 11.0. The maximum absolute atomic E-state index is 12.8. The lowest BCUT2D eigenvalue weighted by Crippen LogP contribution is -2.38. The zero-order valence-electron chi connectivity index (χ0n) is 13.1. The van der Waals surface area contributed by atoms with Gasteiger partial charge in [-0.05, 0) is 48.5 Å². The highest BCUT2D eigenvalue weighted by Gasteiger charge is 2.15. The Kier molecular flexibility index (Phi) is 5.76. The zero-order chi connectivity index (χ0) is 18.6. The minimum atomic E-state index is -3.84. The van der Waals surface area contributed by atoms with Gasteiger partial charge in [-0.2, -0.15) is 0 Å². The average Bonchev–Trinajstić information content (AvgIpc) is 2.58. The van der Waals surface area contributed by atoms with Crippen molar-refractivity contribution in [2.24, 2.45) is 0 Å². The first-order valence-corrected chi connectivity index (χ1v) is 9.34. The summed E-state index contributed by atoms with van der Waals surface area (Å²) in [5.41, 5.74) is 0.665. The van der Waals surface area contributed by atoms with E-state index in [1.807, 2.05) is 0 Å². The fourth-order valence-electron chi connectivity index (χ4n) is 1.95. The third-order valence-corrected chi connectivity index (χ3v) is 4.76. The predicted molar refractivity (Wildman–Crippen MR) is 91.6 cm³/mol. The van der Waals surface area contributed by atoms with E-state index in [4.69, 9.17) is 10.7 Å². The van der Waals surface area contributed by atoms with Crippen LogP contribution < -0.4 is 10.2 Å². The van der Waals surface area contributed by atoms with Crippen molar-refractivity contribution >= 4 is 37.2 Å². The Hall–Kier alpha value is -2.45. The van der Waals surface area contributed by atoms with Crippen LogP contribution in [0.25, 0.3) is 0 Å². The van der Waals surface area contributed by atoms with E-state index in [0.717, 1.165) is 12.1 Å². The van der Waals surface area contributed by atoms with E-state index >= 15 is 0 Å². The van der Waals surface area contributed by atoms with Crippen molar-refractivity contribution in [1.29, 1.82) is 0 Å². The van der Waals surface area contributed by atoms with E-state index in [2.05, 4.69) is 5.32 Å². The van der Waals surface area contributed by atoms with Crippen LogP contribution in [0.1, 0.15) is 10.4 Å². The Morgan fingerprint density at radius 2 is 1.64 bits per heavy atom. The number of carbonyl (C=O) groups is 2. The molecule has 0 unspecified atom stereocenters. The summed E-state index contributed by atoms with van der Waals surface area (Å²) in [6, 6.07) is 10.3. The smallest absolute Gasteiger partial charge is 0.261 e. The largest absolute Gasteiger partial charge is 0.343 e. The minimum Gasteiger partial charge on any atom is -0.343 e. The van der Waals surface area contributed by atoms with Gasteiger partial charge in [-0.1, -0.05) is 0 Å². The molecule has 0 saturated heterocycles. The van der Waals surface area contributed by atoms with Gasteiger partial charge in [0.1, 0.15) is 5.82 Å². The Morgan fingerprint density at radius 1 is 1.08 bits per heavy atom. The van der Waals surface area contributed by atoms with Gasteiger partial charge in [-0.25, -0.2) is 12.8 Å². The van der Waals surface area contributed by atoms with Crippen LogP contribution in [-0.2, 0) is 13.8 Å². The van der Waals surface area contributed by atoms with Crippen LogP contribution in [0.3, 0.4) is 0 Å². The Morgan fingerprint density at radius 3 is 2.16 bits per heavy atom. The lowest BCUT2D eigenvalue weighted by Gasteiger charge is -2.18. The summed E-state index contributed by atoms with van der Waals surface area (Å²) in [6.07, 6.45) is 0. The fourth-order valence-corrected chi connectivity index (χ4v) is 2.72. The Bertz CT molecular complexity index is 883. The highest BCUT2D eigenvalue weighted by molar-refractivity contribution is 8.13. The average molecular weight is 385 g/mol. The first-order valence-electron chi connectivity index (χ1n) is 7.03. The van der Waals surface area contributed by atoms with E-state index in [9.17, 15) is 22.4 Å². The number of nitrogens with one attached hydrogen (secondary N) is 1. The lowest BCUT2D eigenvalue weighted by molar-refractivity contribution is -0.117. The molecule has 0 fully saturated rings. The molecule has 1 N–H and O–H groups in total. The van der Waals surface area contributed by atoms with Crippen molar-refractivity contribution in [3.05, 3.63) is 59.9 Å². The molecule has 9 heteroatoms. The van der Waals surface area contributed by atoms with Crippen LogP contribution >= 0.6 is 10.7 Å². The third kappa shape index (κ3) is 5.01. The van der Waals surface area contributed by atoms with Crippen molar-refractivity contribution in [1.82, 2.24) is 5.32 Å². The second-order valence-electron chi connectivity index (χ2n) is 5.07. The van der Waals surface area contributed by atoms with E-state index in [1.54, 1.807) is 0 Å². The number of nitrogens with zero attached hydrogens (tertiary/aromatic N) is 1. The molecule has 0 spiro atoms. The molecule has 25 heavy (non-hydrogen) atoms. The minimum absolute atomic E-state index is 0.0802. The molecule has 0 aliphatic carbocycles. The number of benzene rings is 2. The summed E-state index contributed by atoms with van der Waals surface area (Å²) in [7, 11) is 2.87. The number of halogens is 2. The zero-order valence-corrected chi connectivity index (χ0v) is 14.6. The van der Waals surface area contributed by atoms with E-state index < -0.39 is 26.7 Å². The van der Waals surface area contributed by atoms with Crippen LogP contribution in [0.2, 0.25) is 0 Å². The lowest BCUT2D eigenvalue weighted by atomic mass is 10.2. The summed E-state index contributed by atoms with van der Waals surface area (Å²) < 4.78 is 35.2. The second kappa shape index (κ2) is 7.62. The molecule has 2 rings (SSSR count). The summed E-state index contributed by atoms with van der Waals surface area (Å²) in [5.74, 6) is -1.39. The van der Waals surface area contributed by atoms with Crippen LogP contribution in [0.4, 0.5) is 10.1 Å². The number of hydrogen-bond donors (Lipinski definition) is 1. The maximum Gasteiger partial charge on any atom is 0.261 e. The second-order valence-corrected chi connectivity index (χ2v) is 7.64. The molecule has 0 atom stereocenters. The molecule has 0 bridgehead atoms. The fraction of sp³-hybridized carbons (Fsp3) is 0.125. The molecular formula is C16H14ClFN2O4S. The number of likely N-dealkylation sites (N-methyl/N-ethyl adjacent to an activating group) is 1. The van der Waals surface area contributed by atoms with Gasteiger partial charge in [0.05, 0.1) is 11.4 Å². The van der Waals surface area contributed by atoms with Gasteiger partial charge in [-0.15, -0.1) is 0 Å². The summed E-state index contributed by atoms with van der Waals surface area (Å²) in [6.45, 7) is -0.276. The summed E-state index contributed by atoms with van der Waals surface area (Å²) >= 11 is 0. The third-order valence-electron chi connectivity index (χ3n) is 3.39. The van der Waals surface area contributed by atoms with E-state index in [-0.39, 0.29) is 17.0 Å². The van der Waals surface area contributed by atoms with Crippen molar-refractivity contribution in [3.63, 3.8) is 0 Å². The molecule has 0 aromatic heterocycles. The molecule has 132 valence electrons. The topological polar surface area (TPSA) is 83.6 Å². The number of hydrogen-bond acceptors (Lipinski definition) is 4. The number of carbonyl (C=O) groups excluding carboxylic acids is 2. The molecule has 0 saturated carbocycles. The SMILES string of the molecule is CN(C(=O)CNC(=O)c1ccc(F)cc1)c1ccc(S(=O)(=O)Cl)cc1. The van der Waals surface area contributed by atoms with Crippen molar-refractivity contribution in [2.45, 2.75) is 4.90 Å². The summed E-state index contributed by atoms with van der Waals surface area (Å²) in [5, 5.41) is 2.43. The van der Waals surface area contributed by atoms with Gasteiger partial charge in [0.25, 0.3) is 15.0 Å². The first-order chi connectivity index (χ1) is 11.7. The predicted octanol–water partition coefficient (Wildman–Crippen LogP) is 2.15. The van der Waals surface area contributed by atoms with Gasteiger partial charge in [0.15, 0.2) is 0 Å². The first kappa shape index (κ1) is 18.9. The van der Waals surface area contributed by atoms with Crippen LogP contribution in [-0.4, -0.2) is 33.8 Å². The van der Waals surface area contributed by atoms with Crippen molar-refractivity contribution in [2.75, 3.05) is 18.5 Å². The van der Waals surface area contributed by atoms with Crippen LogP contribution in [0.5, 0.6) is 0 Å². The molecule has 6 nitrogen and oxygen atoms in total. The highest BCUT2D eigenvalue weighted by atomic mass is 35.7. The van der Waals surface area contributed by atoms with Crippen LogP contribution in [0, 0.1) is 5.82 Å². The molecule has 2 aromatic carbocycles. The molecule has 0 aliphatic heterocycles. The quantitative estimate of drug-likeness (QED) is 0.800. The van der Waals surface area contributed by atoms with Crippen molar-refractivity contribution in [3.8, 4) is 0 Å². The van der Waals surface area contributed by atoms with E-state index in [1.165, 1.54) is 48.3 Å². The maximum atomic E-state index is 12.8. The van der Waals surface area contributed by atoms with Crippen LogP contribution in [0.15, 0.2) is 53.4 Å². The molecule has 2 aromatic rings. The molecular weight excluding hydrogens is 371 g/mol.